The number of carbonyl (C=O) groups excluding carboxylic acids is 1. The van der Waals surface area contributed by atoms with Gasteiger partial charge in [0.2, 0.25) is 0 Å². The van der Waals surface area contributed by atoms with Crippen LogP contribution < -0.4 is 0 Å². The van der Waals surface area contributed by atoms with Crippen molar-refractivity contribution in [2.45, 2.75) is 19.4 Å². The molecule has 6 heteroatoms. The van der Waals surface area contributed by atoms with Crippen molar-refractivity contribution in [3.05, 3.63) is 34.3 Å². The lowest BCUT2D eigenvalue weighted by atomic mass is 10.2. The molecule has 0 spiro atoms. The van der Waals surface area contributed by atoms with Gasteiger partial charge in [-0.3, -0.25) is 4.79 Å². The van der Waals surface area contributed by atoms with Crippen molar-refractivity contribution in [1.82, 2.24) is 9.80 Å². The third kappa shape index (κ3) is 5.04. The summed E-state index contributed by atoms with van der Waals surface area (Å²) in [5, 5.41) is 8.95. The van der Waals surface area contributed by atoms with Gasteiger partial charge in [-0.1, -0.05) is 28.1 Å². The predicted molar refractivity (Wildman–Crippen MR) is 82.9 cm³/mol. The van der Waals surface area contributed by atoms with Crippen LogP contribution in [0.5, 0.6) is 0 Å². The van der Waals surface area contributed by atoms with Crippen molar-refractivity contribution >= 4 is 27.9 Å². The van der Waals surface area contributed by atoms with Crippen LogP contribution in [0.1, 0.15) is 18.4 Å². The number of amides is 2. The minimum Gasteiger partial charge on any atom is -0.480 e. The maximum atomic E-state index is 12.4. The Morgan fingerprint density at radius 1 is 1.29 bits per heavy atom. The van der Waals surface area contributed by atoms with Gasteiger partial charge in [-0.25, -0.2) is 4.79 Å². The summed E-state index contributed by atoms with van der Waals surface area (Å²) in [6.07, 6.45) is 2.17. The number of halogens is 1. The molecule has 0 aliphatic heterocycles. The van der Waals surface area contributed by atoms with E-state index < -0.39 is 5.97 Å². The summed E-state index contributed by atoms with van der Waals surface area (Å²) < 4.78 is 0.987. The fraction of sp³-hybridized carbons (Fsp3) is 0.467. The van der Waals surface area contributed by atoms with E-state index in [9.17, 15) is 9.59 Å². The second-order valence-corrected chi connectivity index (χ2v) is 6.40. The second-order valence-electron chi connectivity index (χ2n) is 5.48. The third-order valence-corrected chi connectivity index (χ3v) is 3.96. The van der Waals surface area contributed by atoms with Gasteiger partial charge < -0.3 is 14.9 Å². The number of aliphatic carboxylic acids is 1. The highest BCUT2D eigenvalue weighted by Gasteiger charge is 2.29. The summed E-state index contributed by atoms with van der Waals surface area (Å²) in [5.41, 5.74) is 1.01. The molecule has 5 nitrogen and oxygen atoms in total. The first kappa shape index (κ1) is 15.8. The maximum Gasteiger partial charge on any atom is 0.323 e. The van der Waals surface area contributed by atoms with E-state index in [-0.39, 0.29) is 12.6 Å². The van der Waals surface area contributed by atoms with E-state index in [1.807, 2.05) is 24.3 Å². The number of carboxylic acids is 1. The molecule has 0 heterocycles. The lowest BCUT2D eigenvalue weighted by Crippen LogP contribution is -2.44. The molecule has 21 heavy (non-hydrogen) atoms. The van der Waals surface area contributed by atoms with Crippen LogP contribution in [0.25, 0.3) is 0 Å². The van der Waals surface area contributed by atoms with Crippen LogP contribution >= 0.6 is 15.9 Å². The van der Waals surface area contributed by atoms with Crippen LogP contribution in [-0.2, 0) is 11.3 Å². The molecule has 1 aromatic carbocycles. The first-order chi connectivity index (χ1) is 9.95. The summed E-state index contributed by atoms with van der Waals surface area (Å²) in [6.45, 7) is 0.767. The molecule has 0 atom stereocenters. The molecule has 0 radical (unpaired) electrons. The molecule has 1 aromatic rings. The highest BCUT2D eigenvalue weighted by molar-refractivity contribution is 9.10. The van der Waals surface area contributed by atoms with Gasteiger partial charge in [-0.05, 0) is 36.5 Å². The van der Waals surface area contributed by atoms with Gasteiger partial charge in [-0.15, -0.1) is 0 Å². The van der Waals surface area contributed by atoms with Crippen LogP contribution in [0.2, 0.25) is 0 Å². The van der Waals surface area contributed by atoms with Crippen molar-refractivity contribution in [2.75, 3.05) is 20.1 Å². The average molecular weight is 355 g/mol. The number of rotatable bonds is 6. The molecule has 1 fully saturated rings. The quantitative estimate of drug-likeness (QED) is 0.854. The first-order valence-corrected chi connectivity index (χ1v) is 7.71. The minimum absolute atomic E-state index is 0.229. The number of urea groups is 1. The van der Waals surface area contributed by atoms with Crippen molar-refractivity contribution in [2.24, 2.45) is 5.92 Å². The van der Waals surface area contributed by atoms with E-state index in [4.69, 9.17) is 5.11 Å². The van der Waals surface area contributed by atoms with E-state index in [1.165, 1.54) is 4.90 Å². The molecule has 1 saturated carbocycles. The zero-order valence-corrected chi connectivity index (χ0v) is 13.5. The number of benzene rings is 1. The largest absolute Gasteiger partial charge is 0.480 e. The number of nitrogens with zero attached hydrogens (tertiary/aromatic N) is 2. The van der Waals surface area contributed by atoms with Crippen LogP contribution in [-0.4, -0.2) is 47.0 Å². The molecule has 0 bridgehead atoms. The number of hydrogen-bond acceptors (Lipinski definition) is 2. The smallest absolute Gasteiger partial charge is 0.323 e. The van der Waals surface area contributed by atoms with Gasteiger partial charge in [-0.2, -0.15) is 0 Å². The Balaban J connectivity index is 1.97. The topological polar surface area (TPSA) is 60.9 Å². The van der Waals surface area contributed by atoms with Gasteiger partial charge in [0, 0.05) is 24.6 Å². The second kappa shape index (κ2) is 6.93. The minimum atomic E-state index is -0.971. The number of carbonyl (C=O) groups is 2. The van der Waals surface area contributed by atoms with Gasteiger partial charge in [0.1, 0.15) is 6.54 Å². The normalized spacial score (nSPS) is 13.8. The lowest BCUT2D eigenvalue weighted by Gasteiger charge is -2.27. The van der Waals surface area contributed by atoms with Gasteiger partial charge in [0.25, 0.3) is 0 Å². The van der Waals surface area contributed by atoms with Crippen LogP contribution in [0.15, 0.2) is 28.7 Å². The van der Waals surface area contributed by atoms with Gasteiger partial charge in [0.15, 0.2) is 0 Å². The number of carboxylic acid groups (broad SMARTS) is 1. The number of hydrogen-bond donors (Lipinski definition) is 1. The van der Waals surface area contributed by atoms with Crippen LogP contribution in [0.3, 0.4) is 0 Å². The average Bonchev–Trinajstić information content (AvgIpc) is 3.23. The summed E-state index contributed by atoms with van der Waals surface area (Å²) in [5.74, 6) is -0.504. The third-order valence-electron chi connectivity index (χ3n) is 3.43. The highest BCUT2D eigenvalue weighted by atomic mass is 79.9. The van der Waals surface area contributed by atoms with Crippen molar-refractivity contribution in [3.63, 3.8) is 0 Å². The highest BCUT2D eigenvalue weighted by Crippen LogP contribution is 2.30. The summed E-state index contributed by atoms with van der Waals surface area (Å²) in [4.78, 5) is 26.3. The summed E-state index contributed by atoms with van der Waals surface area (Å²) in [7, 11) is 1.70. The Morgan fingerprint density at radius 2 is 1.90 bits per heavy atom. The van der Waals surface area contributed by atoms with E-state index in [0.29, 0.717) is 19.0 Å². The Labute approximate surface area is 132 Å². The molecule has 1 aliphatic carbocycles. The van der Waals surface area contributed by atoms with E-state index >= 15 is 0 Å². The Hall–Kier alpha value is -1.56. The van der Waals surface area contributed by atoms with Crippen LogP contribution in [0, 0.1) is 5.92 Å². The van der Waals surface area contributed by atoms with E-state index in [0.717, 1.165) is 22.9 Å². The van der Waals surface area contributed by atoms with Crippen molar-refractivity contribution < 1.29 is 14.7 Å². The molecule has 2 rings (SSSR count). The summed E-state index contributed by atoms with van der Waals surface area (Å²) in [6, 6.07) is 7.50. The van der Waals surface area contributed by atoms with Crippen molar-refractivity contribution in [3.8, 4) is 0 Å². The lowest BCUT2D eigenvalue weighted by molar-refractivity contribution is -0.137. The zero-order chi connectivity index (χ0) is 15.4. The van der Waals surface area contributed by atoms with Crippen LogP contribution in [0.4, 0.5) is 4.79 Å². The molecule has 2 amide bonds. The fourth-order valence-electron chi connectivity index (χ4n) is 2.16. The molecule has 0 aromatic heterocycles. The maximum absolute atomic E-state index is 12.4. The predicted octanol–water partition coefficient (Wildman–Crippen LogP) is 2.80. The monoisotopic (exact) mass is 354 g/mol. The molecular formula is C15H19BrN2O3. The molecule has 1 N–H and O–H groups in total. The molecular weight excluding hydrogens is 336 g/mol. The Morgan fingerprint density at radius 3 is 2.43 bits per heavy atom. The first-order valence-electron chi connectivity index (χ1n) is 6.92. The van der Waals surface area contributed by atoms with E-state index in [1.54, 1.807) is 11.9 Å². The molecule has 0 unspecified atom stereocenters. The molecule has 0 saturated heterocycles. The zero-order valence-electron chi connectivity index (χ0n) is 12.0. The molecule has 1 aliphatic rings. The molecule has 114 valence electrons. The van der Waals surface area contributed by atoms with Gasteiger partial charge >= 0.3 is 12.0 Å². The Kier molecular flexibility index (Phi) is 5.22. The standard InChI is InChI=1S/C15H19BrN2O3/c1-17(8-11-4-6-13(16)7-5-11)15(21)18(10-14(19)20)9-12-2-3-12/h4-7,12H,2-3,8-10H2,1H3,(H,19,20). The SMILES string of the molecule is CN(Cc1ccc(Br)cc1)C(=O)N(CC(=O)O)CC1CC1. The van der Waals surface area contributed by atoms with Crippen molar-refractivity contribution in [1.29, 1.82) is 0 Å². The fourth-order valence-corrected chi connectivity index (χ4v) is 2.42. The van der Waals surface area contributed by atoms with Gasteiger partial charge in [0.05, 0.1) is 0 Å². The van der Waals surface area contributed by atoms with E-state index in [2.05, 4.69) is 15.9 Å². The summed E-state index contributed by atoms with van der Waals surface area (Å²) >= 11 is 3.37. The Bertz CT molecular complexity index is 514.